The molecular formula is C16H32O2Si. The summed E-state index contributed by atoms with van der Waals surface area (Å²) in [6.07, 6.45) is 3.08. The molecule has 3 heteroatoms. The molecule has 0 aromatic heterocycles. The molecule has 19 heavy (non-hydrogen) atoms. The Morgan fingerprint density at radius 3 is 2.05 bits per heavy atom. The Labute approximate surface area is 120 Å². The summed E-state index contributed by atoms with van der Waals surface area (Å²) in [4.78, 5) is 12.2. The largest absolute Gasteiger partial charge is 0.413 e. The predicted molar refractivity (Wildman–Crippen MR) is 86.0 cm³/mol. The molecule has 0 aromatic carbocycles. The Morgan fingerprint density at radius 2 is 1.74 bits per heavy atom. The molecule has 0 aliphatic heterocycles. The first kappa shape index (κ1) is 18.6. The number of ketones is 1. The maximum atomic E-state index is 12.2. The summed E-state index contributed by atoms with van der Waals surface area (Å²) in [6, 6.07) is 0. The van der Waals surface area contributed by atoms with Crippen molar-refractivity contribution in [2.75, 3.05) is 0 Å². The molecule has 0 unspecified atom stereocenters. The van der Waals surface area contributed by atoms with Crippen LogP contribution >= 0.6 is 0 Å². The number of Topliss-reactive ketones (excluding diaryl/α,β-unsaturated/α-hetero) is 1. The minimum absolute atomic E-state index is 0.0710. The minimum atomic E-state index is -1.87. The van der Waals surface area contributed by atoms with Gasteiger partial charge in [0.05, 0.1) is 6.10 Å². The van der Waals surface area contributed by atoms with Crippen LogP contribution in [-0.4, -0.2) is 20.2 Å². The van der Waals surface area contributed by atoms with E-state index in [9.17, 15) is 4.79 Å². The molecule has 1 atom stereocenters. The maximum Gasteiger partial charge on any atom is 0.192 e. The monoisotopic (exact) mass is 284 g/mol. The van der Waals surface area contributed by atoms with Gasteiger partial charge in [0, 0.05) is 11.8 Å². The molecule has 0 saturated heterocycles. The highest BCUT2D eigenvalue weighted by Crippen LogP contribution is 2.40. The van der Waals surface area contributed by atoms with E-state index < -0.39 is 13.7 Å². The molecule has 112 valence electrons. The lowest BCUT2D eigenvalue weighted by atomic mass is 9.79. The smallest absolute Gasteiger partial charge is 0.192 e. The summed E-state index contributed by atoms with van der Waals surface area (Å²) < 4.78 is 6.48. The molecule has 0 aromatic rings. The van der Waals surface area contributed by atoms with Crippen molar-refractivity contribution in [3.8, 4) is 0 Å². The van der Waals surface area contributed by atoms with Gasteiger partial charge in [-0.05, 0) is 24.6 Å². The molecule has 0 heterocycles. The standard InChI is InChI=1S/C16H32O2Si/c1-10-12-14(16(6,7)13(17)11-2)18-19(8,9)15(3,4)5/h10,14H,1,11-12H2,2-9H3/t14-/m0/s1. The van der Waals surface area contributed by atoms with Crippen molar-refractivity contribution in [3.05, 3.63) is 12.7 Å². The highest BCUT2D eigenvalue weighted by Gasteiger charge is 2.44. The van der Waals surface area contributed by atoms with Gasteiger partial charge in [0.15, 0.2) is 8.32 Å². The van der Waals surface area contributed by atoms with Crippen LogP contribution in [-0.2, 0) is 9.22 Å². The van der Waals surface area contributed by atoms with E-state index in [0.29, 0.717) is 6.42 Å². The fraction of sp³-hybridized carbons (Fsp3) is 0.812. The molecule has 0 aliphatic carbocycles. The summed E-state index contributed by atoms with van der Waals surface area (Å²) >= 11 is 0. The third kappa shape index (κ3) is 4.57. The van der Waals surface area contributed by atoms with Gasteiger partial charge >= 0.3 is 0 Å². The Hall–Kier alpha value is -0.413. The van der Waals surface area contributed by atoms with Crippen LogP contribution in [0.1, 0.15) is 54.4 Å². The van der Waals surface area contributed by atoms with Gasteiger partial charge in [-0.2, -0.15) is 0 Å². The molecule has 2 nitrogen and oxygen atoms in total. The SMILES string of the molecule is C=CC[C@H](O[Si](C)(C)C(C)(C)C)C(C)(C)C(=O)CC. The zero-order valence-electron chi connectivity index (χ0n) is 14.1. The average molecular weight is 285 g/mol. The highest BCUT2D eigenvalue weighted by molar-refractivity contribution is 6.74. The number of hydrogen-bond donors (Lipinski definition) is 0. The summed E-state index contributed by atoms with van der Waals surface area (Å²) in [5.41, 5.74) is -0.446. The molecule has 0 N–H and O–H groups in total. The minimum Gasteiger partial charge on any atom is -0.413 e. The van der Waals surface area contributed by atoms with Crippen LogP contribution in [0.25, 0.3) is 0 Å². The third-order valence-electron chi connectivity index (χ3n) is 4.47. The Bertz CT molecular complexity index is 324. The van der Waals surface area contributed by atoms with Gasteiger partial charge in [-0.3, -0.25) is 4.79 Å². The van der Waals surface area contributed by atoms with Crippen LogP contribution in [0.3, 0.4) is 0 Å². The van der Waals surface area contributed by atoms with Gasteiger partial charge in [-0.25, -0.2) is 0 Å². The van der Waals surface area contributed by atoms with E-state index in [2.05, 4.69) is 40.4 Å². The first-order valence-corrected chi connectivity index (χ1v) is 10.1. The van der Waals surface area contributed by atoms with Crippen LogP contribution in [0.15, 0.2) is 12.7 Å². The van der Waals surface area contributed by atoms with Gasteiger partial charge < -0.3 is 4.43 Å². The Morgan fingerprint density at radius 1 is 1.26 bits per heavy atom. The van der Waals surface area contributed by atoms with E-state index in [4.69, 9.17) is 4.43 Å². The topological polar surface area (TPSA) is 26.3 Å². The van der Waals surface area contributed by atoms with Gasteiger partial charge in [0.2, 0.25) is 0 Å². The molecule has 0 bridgehead atoms. The molecule has 0 rings (SSSR count). The number of carbonyl (C=O) groups excluding carboxylic acids is 1. The van der Waals surface area contributed by atoms with Crippen molar-refractivity contribution in [1.82, 2.24) is 0 Å². The second-order valence-corrected chi connectivity index (χ2v) is 12.1. The third-order valence-corrected chi connectivity index (χ3v) is 8.95. The van der Waals surface area contributed by atoms with Crippen molar-refractivity contribution in [2.45, 2.75) is 78.6 Å². The molecule has 0 radical (unpaired) electrons. The normalized spacial score (nSPS) is 15.2. The van der Waals surface area contributed by atoms with E-state index in [-0.39, 0.29) is 16.9 Å². The molecule has 0 fully saturated rings. The van der Waals surface area contributed by atoms with Crippen molar-refractivity contribution >= 4 is 14.1 Å². The van der Waals surface area contributed by atoms with E-state index >= 15 is 0 Å². The molecule has 0 saturated carbocycles. The highest BCUT2D eigenvalue weighted by atomic mass is 28.4. The average Bonchev–Trinajstić information content (AvgIpc) is 2.25. The van der Waals surface area contributed by atoms with Crippen LogP contribution in [0.5, 0.6) is 0 Å². The van der Waals surface area contributed by atoms with Gasteiger partial charge in [-0.1, -0.05) is 47.6 Å². The molecule has 0 spiro atoms. The number of carbonyl (C=O) groups is 1. The second kappa shape index (κ2) is 6.36. The fourth-order valence-corrected chi connectivity index (χ4v) is 3.26. The van der Waals surface area contributed by atoms with E-state index in [1.54, 1.807) is 0 Å². The lowest BCUT2D eigenvalue weighted by Crippen LogP contribution is -2.49. The quantitative estimate of drug-likeness (QED) is 0.488. The summed E-state index contributed by atoms with van der Waals surface area (Å²) in [5, 5.41) is 0.151. The lowest BCUT2D eigenvalue weighted by molar-refractivity contribution is -0.131. The maximum absolute atomic E-state index is 12.2. The van der Waals surface area contributed by atoms with Crippen molar-refractivity contribution in [1.29, 1.82) is 0 Å². The second-order valence-electron chi connectivity index (χ2n) is 7.39. The van der Waals surface area contributed by atoms with Crippen molar-refractivity contribution in [3.63, 3.8) is 0 Å². The van der Waals surface area contributed by atoms with Crippen molar-refractivity contribution in [2.24, 2.45) is 5.41 Å². The van der Waals surface area contributed by atoms with Crippen LogP contribution in [0.4, 0.5) is 0 Å². The van der Waals surface area contributed by atoms with Crippen LogP contribution in [0.2, 0.25) is 18.1 Å². The van der Waals surface area contributed by atoms with Gasteiger partial charge in [0.25, 0.3) is 0 Å². The first-order valence-electron chi connectivity index (χ1n) is 7.22. The fourth-order valence-electron chi connectivity index (χ4n) is 1.81. The van der Waals surface area contributed by atoms with Crippen LogP contribution in [0, 0.1) is 5.41 Å². The summed E-state index contributed by atoms with van der Waals surface area (Å²) in [6.45, 7) is 20.9. The van der Waals surface area contributed by atoms with Crippen molar-refractivity contribution < 1.29 is 9.22 Å². The van der Waals surface area contributed by atoms with Gasteiger partial charge in [0.1, 0.15) is 5.78 Å². The first-order chi connectivity index (χ1) is 8.40. The molecule has 0 amide bonds. The lowest BCUT2D eigenvalue weighted by Gasteiger charge is -2.43. The Balaban J connectivity index is 5.25. The van der Waals surface area contributed by atoms with E-state index in [1.807, 2.05) is 26.8 Å². The summed E-state index contributed by atoms with van der Waals surface area (Å²) in [5.74, 6) is 0.262. The zero-order chi connectivity index (χ0) is 15.5. The predicted octanol–water partition coefficient (Wildman–Crippen LogP) is 4.96. The molecule has 0 aliphatic rings. The number of rotatable bonds is 7. The van der Waals surface area contributed by atoms with Gasteiger partial charge in [-0.15, -0.1) is 6.58 Å². The van der Waals surface area contributed by atoms with Crippen LogP contribution < -0.4 is 0 Å². The molecular weight excluding hydrogens is 252 g/mol. The van der Waals surface area contributed by atoms with E-state index in [0.717, 1.165) is 6.42 Å². The zero-order valence-corrected chi connectivity index (χ0v) is 15.1. The number of hydrogen-bond acceptors (Lipinski definition) is 2. The Kier molecular flexibility index (Phi) is 6.22. The van der Waals surface area contributed by atoms with E-state index in [1.165, 1.54) is 0 Å². The summed E-state index contributed by atoms with van der Waals surface area (Å²) in [7, 11) is -1.87.